The van der Waals surface area contributed by atoms with Crippen molar-refractivity contribution in [3.05, 3.63) is 108 Å². The second-order valence-corrected chi connectivity index (χ2v) is 7.45. The zero-order valence-corrected chi connectivity index (χ0v) is 17.0. The lowest BCUT2D eigenvalue weighted by Gasteiger charge is -2.30. The van der Waals surface area contributed by atoms with E-state index >= 15 is 0 Å². The van der Waals surface area contributed by atoms with Crippen LogP contribution in [0.25, 0.3) is 22.3 Å². The lowest BCUT2D eigenvalue weighted by molar-refractivity contribution is 0.100. The molecule has 1 unspecified atom stereocenters. The Morgan fingerprint density at radius 2 is 1.65 bits per heavy atom. The summed E-state index contributed by atoms with van der Waals surface area (Å²) in [5, 5.41) is 0. The van der Waals surface area contributed by atoms with Crippen LogP contribution in [-0.2, 0) is 0 Å². The third-order valence-electron chi connectivity index (χ3n) is 5.66. The van der Waals surface area contributed by atoms with Crippen molar-refractivity contribution >= 4 is 5.91 Å². The molecule has 0 bridgehead atoms. The first-order chi connectivity index (χ1) is 15.2. The Labute approximate surface area is 180 Å². The van der Waals surface area contributed by atoms with Crippen LogP contribution in [0.1, 0.15) is 27.6 Å². The van der Waals surface area contributed by atoms with E-state index in [-0.39, 0.29) is 6.10 Å². The smallest absolute Gasteiger partial charge is 0.249 e. The molecule has 2 N–H and O–H groups in total. The van der Waals surface area contributed by atoms with Crippen molar-refractivity contribution in [2.75, 3.05) is 7.11 Å². The minimum atomic E-state index is -0.448. The first-order valence-electron chi connectivity index (χ1n) is 10.1. The lowest BCUT2D eigenvalue weighted by Crippen LogP contribution is -2.16. The summed E-state index contributed by atoms with van der Waals surface area (Å²) in [6.45, 7) is 0. The molecule has 0 saturated heterocycles. The highest BCUT2D eigenvalue weighted by Crippen LogP contribution is 2.49. The van der Waals surface area contributed by atoms with E-state index in [1.807, 2.05) is 60.7 Å². The molecule has 4 nitrogen and oxygen atoms in total. The molecule has 1 atom stereocenters. The summed E-state index contributed by atoms with van der Waals surface area (Å²) in [5.41, 5.74) is 11.9. The monoisotopic (exact) mass is 407 g/mol. The number of methoxy groups -OCH3 is 1. The standard InChI is InChI=1S/C27H21NO3/c1-30-23-12-7-13-24-25(23)20-15-14-18(19-10-5-6-11-21(19)27(28)29)16-22(20)26(31-24)17-8-3-2-4-9-17/h2-16,26H,1H3,(H2,28,29). The summed E-state index contributed by atoms with van der Waals surface area (Å²) < 4.78 is 12.1. The number of amides is 1. The molecule has 5 rings (SSSR count). The second kappa shape index (κ2) is 7.65. The maximum Gasteiger partial charge on any atom is 0.249 e. The largest absolute Gasteiger partial charge is 0.496 e. The van der Waals surface area contributed by atoms with Gasteiger partial charge in [0, 0.05) is 11.1 Å². The van der Waals surface area contributed by atoms with Crippen LogP contribution in [-0.4, -0.2) is 13.0 Å². The van der Waals surface area contributed by atoms with Crippen LogP contribution in [0.5, 0.6) is 11.5 Å². The SMILES string of the molecule is COc1cccc2c1-c1ccc(-c3ccccc3C(N)=O)cc1C(c1ccccc1)O2. The first kappa shape index (κ1) is 18.9. The minimum Gasteiger partial charge on any atom is -0.496 e. The zero-order chi connectivity index (χ0) is 21.4. The molecule has 0 fully saturated rings. The number of nitrogens with two attached hydrogens (primary N) is 1. The molecule has 1 aliphatic heterocycles. The van der Waals surface area contributed by atoms with Gasteiger partial charge in [-0.05, 0) is 46.5 Å². The molecular formula is C27H21NO3. The molecule has 4 aromatic carbocycles. The van der Waals surface area contributed by atoms with E-state index in [4.69, 9.17) is 15.2 Å². The Bertz CT molecular complexity index is 1280. The van der Waals surface area contributed by atoms with Gasteiger partial charge in [0.2, 0.25) is 5.91 Å². The number of hydrogen-bond donors (Lipinski definition) is 1. The molecule has 0 radical (unpaired) electrons. The molecule has 1 aliphatic rings. The van der Waals surface area contributed by atoms with Crippen LogP contribution in [0.4, 0.5) is 0 Å². The van der Waals surface area contributed by atoms with Gasteiger partial charge in [-0.15, -0.1) is 0 Å². The number of benzene rings is 4. The van der Waals surface area contributed by atoms with E-state index in [0.29, 0.717) is 5.56 Å². The van der Waals surface area contributed by atoms with E-state index in [0.717, 1.165) is 44.9 Å². The summed E-state index contributed by atoms with van der Waals surface area (Å²) in [6.07, 6.45) is -0.281. The van der Waals surface area contributed by atoms with Gasteiger partial charge in [0.05, 0.1) is 12.7 Å². The van der Waals surface area contributed by atoms with Crippen molar-refractivity contribution < 1.29 is 14.3 Å². The van der Waals surface area contributed by atoms with E-state index in [9.17, 15) is 4.79 Å². The third kappa shape index (κ3) is 3.22. The molecular weight excluding hydrogens is 386 g/mol. The fraction of sp³-hybridized carbons (Fsp3) is 0.0741. The quantitative estimate of drug-likeness (QED) is 0.478. The number of rotatable bonds is 4. The topological polar surface area (TPSA) is 61.5 Å². The summed E-state index contributed by atoms with van der Waals surface area (Å²) in [4.78, 5) is 12.0. The molecule has 4 heteroatoms. The van der Waals surface area contributed by atoms with Gasteiger partial charge in [0.1, 0.15) is 17.6 Å². The average Bonchev–Trinajstić information content (AvgIpc) is 2.83. The molecule has 1 heterocycles. The number of hydrogen-bond acceptors (Lipinski definition) is 3. The predicted octanol–water partition coefficient (Wildman–Crippen LogP) is 5.61. The van der Waals surface area contributed by atoms with Gasteiger partial charge in [0.25, 0.3) is 0 Å². The maximum atomic E-state index is 12.0. The zero-order valence-electron chi connectivity index (χ0n) is 17.0. The Morgan fingerprint density at radius 1 is 0.871 bits per heavy atom. The van der Waals surface area contributed by atoms with E-state index < -0.39 is 5.91 Å². The number of primary amides is 1. The van der Waals surface area contributed by atoms with Crippen molar-refractivity contribution in [1.29, 1.82) is 0 Å². The third-order valence-corrected chi connectivity index (χ3v) is 5.66. The van der Waals surface area contributed by atoms with Gasteiger partial charge in [-0.1, -0.05) is 66.7 Å². The van der Waals surface area contributed by atoms with Gasteiger partial charge in [-0.2, -0.15) is 0 Å². The molecule has 0 spiro atoms. The van der Waals surface area contributed by atoms with Gasteiger partial charge in [0.15, 0.2) is 0 Å². The Morgan fingerprint density at radius 3 is 2.42 bits per heavy atom. The molecule has 31 heavy (non-hydrogen) atoms. The van der Waals surface area contributed by atoms with Crippen molar-refractivity contribution in [2.45, 2.75) is 6.10 Å². The molecule has 0 aliphatic carbocycles. The predicted molar refractivity (Wildman–Crippen MR) is 121 cm³/mol. The summed E-state index contributed by atoms with van der Waals surface area (Å²) in [6, 6.07) is 29.5. The lowest BCUT2D eigenvalue weighted by atomic mass is 9.86. The van der Waals surface area contributed by atoms with Crippen molar-refractivity contribution in [2.24, 2.45) is 5.73 Å². The Hall–Kier alpha value is -4.05. The normalized spacial score (nSPS) is 14.2. The van der Waals surface area contributed by atoms with Gasteiger partial charge >= 0.3 is 0 Å². The Kier molecular flexibility index (Phi) is 4.68. The number of carbonyl (C=O) groups excluding carboxylic acids is 1. The highest BCUT2D eigenvalue weighted by Gasteiger charge is 2.30. The van der Waals surface area contributed by atoms with Crippen molar-refractivity contribution in [3.63, 3.8) is 0 Å². The number of ether oxygens (including phenoxy) is 2. The summed E-state index contributed by atoms with van der Waals surface area (Å²) in [7, 11) is 1.66. The fourth-order valence-corrected chi connectivity index (χ4v) is 4.24. The second-order valence-electron chi connectivity index (χ2n) is 7.45. The van der Waals surface area contributed by atoms with Gasteiger partial charge in [-0.25, -0.2) is 0 Å². The van der Waals surface area contributed by atoms with Crippen LogP contribution in [0.3, 0.4) is 0 Å². The van der Waals surface area contributed by atoms with Crippen LogP contribution in [0.2, 0.25) is 0 Å². The summed E-state index contributed by atoms with van der Waals surface area (Å²) in [5.74, 6) is 1.10. The van der Waals surface area contributed by atoms with Crippen LogP contribution in [0, 0.1) is 0 Å². The van der Waals surface area contributed by atoms with Crippen molar-refractivity contribution in [1.82, 2.24) is 0 Å². The number of carbonyl (C=O) groups is 1. The van der Waals surface area contributed by atoms with Crippen molar-refractivity contribution in [3.8, 4) is 33.8 Å². The number of fused-ring (bicyclic) bond motifs is 3. The van der Waals surface area contributed by atoms with Gasteiger partial charge < -0.3 is 15.2 Å². The summed E-state index contributed by atoms with van der Waals surface area (Å²) >= 11 is 0. The molecule has 0 aromatic heterocycles. The maximum absolute atomic E-state index is 12.0. The van der Waals surface area contributed by atoms with Crippen LogP contribution < -0.4 is 15.2 Å². The first-order valence-corrected chi connectivity index (χ1v) is 10.1. The van der Waals surface area contributed by atoms with Crippen LogP contribution in [0.15, 0.2) is 91.0 Å². The molecule has 4 aromatic rings. The van der Waals surface area contributed by atoms with Crippen LogP contribution >= 0.6 is 0 Å². The van der Waals surface area contributed by atoms with E-state index in [2.05, 4.69) is 24.3 Å². The fourth-order valence-electron chi connectivity index (χ4n) is 4.24. The van der Waals surface area contributed by atoms with Gasteiger partial charge in [-0.3, -0.25) is 4.79 Å². The molecule has 152 valence electrons. The van der Waals surface area contributed by atoms with E-state index in [1.54, 1.807) is 13.2 Å². The Balaban J connectivity index is 1.75. The molecule has 0 saturated carbocycles. The van der Waals surface area contributed by atoms with E-state index in [1.165, 1.54) is 0 Å². The highest BCUT2D eigenvalue weighted by atomic mass is 16.5. The minimum absolute atomic E-state index is 0.281. The average molecular weight is 407 g/mol. The molecule has 1 amide bonds. The highest BCUT2D eigenvalue weighted by molar-refractivity contribution is 6.00.